The molecule has 0 aromatic carbocycles. The van der Waals surface area contributed by atoms with Crippen LogP contribution in [0.2, 0.25) is 0 Å². The molecule has 0 bridgehead atoms. The van der Waals surface area contributed by atoms with Crippen molar-refractivity contribution in [3.63, 3.8) is 0 Å². The Balaban J connectivity index is 2.78. The van der Waals surface area contributed by atoms with Crippen LogP contribution in [0.5, 0.6) is 0 Å². The Morgan fingerprint density at radius 1 is 0.786 bits per heavy atom. The lowest BCUT2D eigenvalue weighted by atomic mass is 10.2. The second-order valence-electron chi connectivity index (χ2n) is 3.81. The first-order valence-electron chi connectivity index (χ1n) is 6.10. The first-order chi connectivity index (χ1) is 6.91. The minimum atomic E-state index is 0.957. The third-order valence-electron chi connectivity index (χ3n) is 2.34. The van der Waals surface area contributed by atoms with Crippen molar-refractivity contribution in [2.45, 2.75) is 58.3 Å². The first kappa shape index (κ1) is 14.3. The molecule has 0 saturated carbocycles. The zero-order valence-corrected chi connectivity index (χ0v) is 10.5. The molecule has 0 saturated heterocycles. The van der Waals surface area contributed by atoms with Gasteiger partial charge >= 0.3 is 0 Å². The van der Waals surface area contributed by atoms with Gasteiger partial charge in [0.25, 0.3) is 0 Å². The topological polar surface area (TPSA) is 9.23 Å². The predicted molar refractivity (Wildman–Crippen MR) is 67.3 cm³/mol. The Kier molecular flexibility index (Phi) is 13.6. The fourth-order valence-electron chi connectivity index (χ4n) is 1.40. The van der Waals surface area contributed by atoms with Crippen LogP contribution in [0, 0.1) is 0 Å². The minimum absolute atomic E-state index is 0.957. The maximum absolute atomic E-state index is 5.54. The average molecular weight is 218 g/mol. The highest BCUT2D eigenvalue weighted by Gasteiger charge is 1.91. The zero-order valence-electron chi connectivity index (χ0n) is 9.63. The lowest BCUT2D eigenvalue weighted by molar-refractivity contribution is 0.126. The third-order valence-corrected chi connectivity index (χ3v) is 2.66. The normalized spacial score (nSPS) is 10.7. The van der Waals surface area contributed by atoms with Crippen LogP contribution in [-0.2, 0) is 4.74 Å². The van der Waals surface area contributed by atoms with E-state index in [9.17, 15) is 0 Å². The Morgan fingerprint density at radius 2 is 1.36 bits per heavy atom. The molecule has 0 aromatic heterocycles. The number of ether oxygens (including phenoxy) is 1. The highest BCUT2D eigenvalue weighted by atomic mass is 32.1. The van der Waals surface area contributed by atoms with Gasteiger partial charge in [0, 0.05) is 13.2 Å². The van der Waals surface area contributed by atoms with Gasteiger partial charge in [-0.15, -0.1) is 0 Å². The summed E-state index contributed by atoms with van der Waals surface area (Å²) in [5, 5.41) is 0. The molecule has 0 radical (unpaired) electrons. The van der Waals surface area contributed by atoms with Gasteiger partial charge in [0.2, 0.25) is 0 Å². The summed E-state index contributed by atoms with van der Waals surface area (Å²) >= 11 is 4.18. The summed E-state index contributed by atoms with van der Waals surface area (Å²) in [4.78, 5) is 0. The zero-order chi connectivity index (χ0) is 10.5. The van der Waals surface area contributed by atoms with Gasteiger partial charge < -0.3 is 4.74 Å². The molecule has 0 amide bonds. The fraction of sp³-hybridized carbons (Fsp3) is 1.00. The van der Waals surface area contributed by atoms with Gasteiger partial charge in [-0.25, -0.2) is 0 Å². The van der Waals surface area contributed by atoms with Crippen LogP contribution in [0.25, 0.3) is 0 Å². The molecule has 0 aliphatic rings. The van der Waals surface area contributed by atoms with E-state index < -0.39 is 0 Å². The van der Waals surface area contributed by atoms with Gasteiger partial charge in [0.1, 0.15) is 0 Å². The monoisotopic (exact) mass is 218 g/mol. The van der Waals surface area contributed by atoms with Gasteiger partial charge in [0.05, 0.1) is 0 Å². The fourth-order valence-corrected chi connectivity index (χ4v) is 1.63. The molecule has 0 aromatic rings. The highest BCUT2D eigenvalue weighted by molar-refractivity contribution is 7.80. The number of rotatable bonds is 11. The molecular formula is C12H26OS. The largest absolute Gasteiger partial charge is 0.381 e. The van der Waals surface area contributed by atoms with Crippen LogP contribution in [0.15, 0.2) is 0 Å². The van der Waals surface area contributed by atoms with Crippen LogP contribution < -0.4 is 0 Å². The van der Waals surface area contributed by atoms with E-state index >= 15 is 0 Å². The van der Waals surface area contributed by atoms with Crippen molar-refractivity contribution in [1.29, 1.82) is 0 Å². The maximum Gasteiger partial charge on any atom is 0.0466 e. The van der Waals surface area contributed by atoms with Gasteiger partial charge in [-0.1, -0.05) is 39.0 Å². The first-order valence-corrected chi connectivity index (χ1v) is 6.73. The summed E-state index contributed by atoms with van der Waals surface area (Å²) in [5.74, 6) is 1.03. The maximum atomic E-state index is 5.54. The van der Waals surface area contributed by atoms with Crippen LogP contribution in [0.4, 0.5) is 0 Å². The summed E-state index contributed by atoms with van der Waals surface area (Å²) in [7, 11) is 0. The van der Waals surface area contributed by atoms with E-state index in [4.69, 9.17) is 4.74 Å². The number of hydrogen-bond donors (Lipinski definition) is 1. The van der Waals surface area contributed by atoms with Crippen molar-refractivity contribution in [3.05, 3.63) is 0 Å². The van der Waals surface area contributed by atoms with E-state index in [0.29, 0.717) is 0 Å². The second kappa shape index (κ2) is 13.3. The minimum Gasteiger partial charge on any atom is -0.381 e. The van der Waals surface area contributed by atoms with E-state index in [1.807, 2.05) is 0 Å². The molecule has 14 heavy (non-hydrogen) atoms. The standard InChI is InChI=1S/C12H26OS/c1-2-3-4-7-10-13-11-8-5-6-9-12-14/h14H,2-12H2,1H3. The number of unbranched alkanes of at least 4 members (excludes halogenated alkanes) is 6. The molecule has 0 fully saturated rings. The smallest absolute Gasteiger partial charge is 0.0466 e. The van der Waals surface area contributed by atoms with Crippen molar-refractivity contribution < 1.29 is 4.74 Å². The molecule has 0 spiro atoms. The number of thiol groups is 1. The summed E-state index contributed by atoms with van der Waals surface area (Å²) in [6, 6.07) is 0. The summed E-state index contributed by atoms with van der Waals surface area (Å²) in [5.41, 5.74) is 0. The molecule has 0 heterocycles. The van der Waals surface area contributed by atoms with Crippen molar-refractivity contribution in [3.8, 4) is 0 Å². The molecule has 0 N–H and O–H groups in total. The lowest BCUT2D eigenvalue weighted by Crippen LogP contribution is -1.97. The van der Waals surface area contributed by atoms with Gasteiger partial charge in [-0.3, -0.25) is 0 Å². The predicted octanol–water partition coefficient (Wildman–Crippen LogP) is 4.07. The number of hydrogen-bond acceptors (Lipinski definition) is 2. The average Bonchev–Trinajstić information content (AvgIpc) is 2.21. The Morgan fingerprint density at radius 3 is 1.93 bits per heavy atom. The SMILES string of the molecule is CCCCCCOCCCCCCS. The van der Waals surface area contributed by atoms with Crippen molar-refractivity contribution in [2.24, 2.45) is 0 Å². The molecule has 0 aliphatic carbocycles. The molecule has 0 unspecified atom stereocenters. The molecule has 0 rings (SSSR count). The van der Waals surface area contributed by atoms with E-state index in [-0.39, 0.29) is 0 Å². The molecule has 86 valence electrons. The van der Waals surface area contributed by atoms with E-state index in [2.05, 4.69) is 19.6 Å². The van der Waals surface area contributed by atoms with Gasteiger partial charge in [0.15, 0.2) is 0 Å². The van der Waals surface area contributed by atoms with Crippen molar-refractivity contribution in [1.82, 2.24) is 0 Å². The Bertz CT molecular complexity index is 84.3. The van der Waals surface area contributed by atoms with Crippen LogP contribution >= 0.6 is 12.6 Å². The van der Waals surface area contributed by atoms with Gasteiger partial charge in [-0.05, 0) is 25.0 Å². The van der Waals surface area contributed by atoms with Gasteiger partial charge in [-0.2, -0.15) is 12.6 Å². The Hall–Kier alpha value is 0.310. The summed E-state index contributed by atoms with van der Waals surface area (Å²) in [6.45, 7) is 4.16. The lowest BCUT2D eigenvalue weighted by Gasteiger charge is -2.03. The van der Waals surface area contributed by atoms with Crippen LogP contribution in [-0.4, -0.2) is 19.0 Å². The summed E-state index contributed by atoms with van der Waals surface area (Å²) in [6.07, 6.45) is 10.3. The quantitative estimate of drug-likeness (QED) is 0.406. The molecule has 0 atom stereocenters. The molecule has 2 heteroatoms. The molecule has 1 nitrogen and oxygen atoms in total. The summed E-state index contributed by atoms with van der Waals surface area (Å²) < 4.78 is 5.54. The Labute approximate surface area is 95.0 Å². The van der Waals surface area contributed by atoms with E-state index in [1.54, 1.807) is 0 Å². The second-order valence-corrected chi connectivity index (χ2v) is 4.26. The van der Waals surface area contributed by atoms with E-state index in [0.717, 1.165) is 19.0 Å². The van der Waals surface area contributed by atoms with Crippen LogP contribution in [0.1, 0.15) is 58.3 Å². The highest BCUT2D eigenvalue weighted by Crippen LogP contribution is 2.02. The third kappa shape index (κ3) is 12.3. The van der Waals surface area contributed by atoms with Crippen molar-refractivity contribution in [2.75, 3.05) is 19.0 Å². The van der Waals surface area contributed by atoms with E-state index in [1.165, 1.54) is 51.4 Å². The van der Waals surface area contributed by atoms with Crippen LogP contribution in [0.3, 0.4) is 0 Å². The molecular weight excluding hydrogens is 192 g/mol. The van der Waals surface area contributed by atoms with Crippen molar-refractivity contribution >= 4 is 12.6 Å². The molecule has 0 aliphatic heterocycles.